The van der Waals surface area contributed by atoms with Crippen LogP contribution in [0.2, 0.25) is 0 Å². The molecule has 0 aliphatic carbocycles. The van der Waals surface area contributed by atoms with E-state index in [-0.39, 0.29) is 24.7 Å². The van der Waals surface area contributed by atoms with Crippen LogP contribution in [0.5, 0.6) is 0 Å². The van der Waals surface area contributed by atoms with Crippen molar-refractivity contribution >= 4 is 34.2 Å². The first-order valence-electron chi connectivity index (χ1n) is 11.5. The number of carbonyl (C=O) groups excluding carboxylic acids is 2. The standard InChI is InChI=1S/C24H35N5O3/c1-4-32-15-5-10-25-23(30)8-9-24(31)26-19-6-7-21-20(17-19)18(2)16-22(27-21)29-13-11-28(3)12-14-29/h6-7,16-17H,4-5,8-15H2,1-3H3,(H,25,30)(H,26,31). The number of hydrogen-bond acceptors (Lipinski definition) is 6. The summed E-state index contributed by atoms with van der Waals surface area (Å²) in [6, 6.07) is 7.89. The van der Waals surface area contributed by atoms with E-state index in [1.807, 2.05) is 25.1 Å². The minimum atomic E-state index is -0.173. The molecule has 3 rings (SSSR count). The fourth-order valence-corrected chi connectivity index (χ4v) is 3.74. The summed E-state index contributed by atoms with van der Waals surface area (Å²) >= 11 is 0. The summed E-state index contributed by atoms with van der Waals surface area (Å²) in [5, 5.41) is 6.74. The molecule has 0 atom stereocenters. The van der Waals surface area contributed by atoms with Gasteiger partial charge in [-0.05, 0) is 57.1 Å². The average molecular weight is 442 g/mol. The number of piperazine rings is 1. The van der Waals surface area contributed by atoms with Crippen molar-refractivity contribution in [3.8, 4) is 0 Å². The van der Waals surface area contributed by atoms with Crippen LogP contribution < -0.4 is 15.5 Å². The normalized spacial score (nSPS) is 14.5. The van der Waals surface area contributed by atoms with Gasteiger partial charge in [0.05, 0.1) is 5.52 Å². The second kappa shape index (κ2) is 11.8. The van der Waals surface area contributed by atoms with Crippen molar-refractivity contribution in [3.63, 3.8) is 0 Å². The number of anilines is 2. The molecule has 1 aliphatic heterocycles. The zero-order chi connectivity index (χ0) is 22.9. The Balaban J connectivity index is 1.53. The Kier molecular flexibility index (Phi) is 8.81. The molecule has 2 aromatic rings. The van der Waals surface area contributed by atoms with Gasteiger partial charge in [0.1, 0.15) is 5.82 Å². The topological polar surface area (TPSA) is 86.8 Å². The van der Waals surface area contributed by atoms with Crippen LogP contribution in [0.25, 0.3) is 10.9 Å². The third-order valence-corrected chi connectivity index (χ3v) is 5.68. The van der Waals surface area contributed by atoms with Gasteiger partial charge in [-0.15, -0.1) is 0 Å². The van der Waals surface area contributed by atoms with Crippen molar-refractivity contribution in [3.05, 3.63) is 29.8 Å². The molecule has 1 saturated heterocycles. The van der Waals surface area contributed by atoms with Crippen LogP contribution in [0.3, 0.4) is 0 Å². The van der Waals surface area contributed by atoms with Gasteiger partial charge in [-0.1, -0.05) is 0 Å². The predicted molar refractivity (Wildman–Crippen MR) is 128 cm³/mol. The first kappa shape index (κ1) is 23.9. The zero-order valence-corrected chi connectivity index (χ0v) is 19.4. The SMILES string of the molecule is CCOCCCNC(=O)CCC(=O)Nc1ccc2nc(N3CCN(C)CC3)cc(C)c2c1. The van der Waals surface area contributed by atoms with Crippen LogP contribution in [0.1, 0.15) is 31.7 Å². The lowest BCUT2D eigenvalue weighted by Crippen LogP contribution is -2.44. The van der Waals surface area contributed by atoms with Crippen LogP contribution >= 0.6 is 0 Å². The number of pyridine rings is 1. The number of carbonyl (C=O) groups is 2. The molecule has 2 N–H and O–H groups in total. The van der Waals surface area contributed by atoms with Crippen molar-refractivity contribution in [2.45, 2.75) is 33.1 Å². The number of aromatic nitrogens is 1. The average Bonchev–Trinajstić information content (AvgIpc) is 2.78. The molecule has 0 radical (unpaired) electrons. The number of nitrogens with one attached hydrogen (secondary N) is 2. The van der Waals surface area contributed by atoms with Gasteiger partial charge >= 0.3 is 0 Å². The molecule has 8 nitrogen and oxygen atoms in total. The highest BCUT2D eigenvalue weighted by Gasteiger charge is 2.16. The molecule has 8 heteroatoms. The number of benzene rings is 1. The molecule has 2 amide bonds. The third kappa shape index (κ3) is 6.90. The minimum absolute atomic E-state index is 0.119. The van der Waals surface area contributed by atoms with E-state index in [4.69, 9.17) is 9.72 Å². The molecule has 174 valence electrons. The maximum absolute atomic E-state index is 12.3. The van der Waals surface area contributed by atoms with E-state index < -0.39 is 0 Å². The molecule has 1 aliphatic rings. The highest BCUT2D eigenvalue weighted by molar-refractivity contribution is 5.96. The highest BCUT2D eigenvalue weighted by Crippen LogP contribution is 2.26. The largest absolute Gasteiger partial charge is 0.382 e. The van der Waals surface area contributed by atoms with Crippen LogP contribution in [-0.2, 0) is 14.3 Å². The molecule has 0 saturated carbocycles. The first-order valence-corrected chi connectivity index (χ1v) is 11.5. The van der Waals surface area contributed by atoms with E-state index in [0.29, 0.717) is 19.8 Å². The van der Waals surface area contributed by atoms with E-state index in [0.717, 1.165) is 60.6 Å². The van der Waals surface area contributed by atoms with Gasteiger partial charge in [0.2, 0.25) is 11.8 Å². The summed E-state index contributed by atoms with van der Waals surface area (Å²) in [6.45, 7) is 9.91. The number of amides is 2. The monoisotopic (exact) mass is 441 g/mol. The lowest BCUT2D eigenvalue weighted by Gasteiger charge is -2.33. The molecule has 1 aromatic heterocycles. The summed E-state index contributed by atoms with van der Waals surface area (Å²) in [5.74, 6) is 0.715. The Bertz CT molecular complexity index is 925. The molecular weight excluding hydrogens is 406 g/mol. The first-order chi connectivity index (χ1) is 15.5. The van der Waals surface area contributed by atoms with Gasteiger partial charge in [0.15, 0.2) is 0 Å². The van der Waals surface area contributed by atoms with Crippen molar-refractivity contribution in [1.82, 2.24) is 15.2 Å². The van der Waals surface area contributed by atoms with Gasteiger partial charge in [-0.25, -0.2) is 4.98 Å². The second-order valence-corrected chi connectivity index (χ2v) is 8.27. The smallest absolute Gasteiger partial charge is 0.224 e. The summed E-state index contributed by atoms with van der Waals surface area (Å²) in [6.07, 6.45) is 1.09. The predicted octanol–water partition coefficient (Wildman–Crippen LogP) is 2.56. The van der Waals surface area contributed by atoms with E-state index in [1.54, 1.807) is 0 Å². The van der Waals surface area contributed by atoms with Crippen LogP contribution in [0.4, 0.5) is 11.5 Å². The quantitative estimate of drug-likeness (QED) is 0.551. The fourth-order valence-electron chi connectivity index (χ4n) is 3.74. The summed E-state index contributed by atoms with van der Waals surface area (Å²) in [5.41, 5.74) is 2.77. The fraction of sp³-hybridized carbons (Fsp3) is 0.542. The summed E-state index contributed by atoms with van der Waals surface area (Å²) in [7, 11) is 2.14. The molecule has 0 unspecified atom stereocenters. The Morgan fingerprint density at radius 2 is 1.84 bits per heavy atom. The molecular formula is C24H35N5O3. The molecule has 1 fully saturated rings. The van der Waals surface area contributed by atoms with Crippen LogP contribution in [-0.4, -0.2) is 74.7 Å². The maximum atomic E-state index is 12.3. The lowest BCUT2D eigenvalue weighted by atomic mass is 10.1. The Morgan fingerprint density at radius 3 is 2.59 bits per heavy atom. The summed E-state index contributed by atoms with van der Waals surface area (Å²) < 4.78 is 5.24. The van der Waals surface area contributed by atoms with Crippen molar-refractivity contribution in [2.24, 2.45) is 0 Å². The van der Waals surface area contributed by atoms with Gasteiger partial charge in [-0.3, -0.25) is 9.59 Å². The van der Waals surface area contributed by atoms with E-state index in [9.17, 15) is 9.59 Å². The number of fused-ring (bicyclic) bond motifs is 1. The number of aryl methyl sites for hydroxylation is 1. The van der Waals surface area contributed by atoms with E-state index >= 15 is 0 Å². The second-order valence-electron chi connectivity index (χ2n) is 8.27. The molecule has 0 bridgehead atoms. The van der Waals surface area contributed by atoms with Crippen molar-refractivity contribution < 1.29 is 14.3 Å². The molecule has 0 spiro atoms. The number of nitrogens with zero attached hydrogens (tertiary/aromatic N) is 3. The lowest BCUT2D eigenvalue weighted by molar-refractivity contribution is -0.124. The molecule has 1 aromatic carbocycles. The number of ether oxygens (including phenoxy) is 1. The third-order valence-electron chi connectivity index (χ3n) is 5.68. The van der Waals surface area contributed by atoms with Gasteiger partial charge in [0, 0.05) is 69.9 Å². The Morgan fingerprint density at radius 1 is 1.09 bits per heavy atom. The van der Waals surface area contributed by atoms with Gasteiger partial charge < -0.3 is 25.2 Å². The number of likely N-dealkylation sites (N-methyl/N-ethyl adjacent to an activating group) is 1. The van der Waals surface area contributed by atoms with Crippen molar-refractivity contribution in [1.29, 1.82) is 0 Å². The molecule has 32 heavy (non-hydrogen) atoms. The van der Waals surface area contributed by atoms with Crippen LogP contribution in [0, 0.1) is 6.92 Å². The van der Waals surface area contributed by atoms with Crippen LogP contribution in [0.15, 0.2) is 24.3 Å². The highest BCUT2D eigenvalue weighted by atomic mass is 16.5. The Labute approximate surface area is 190 Å². The summed E-state index contributed by atoms with van der Waals surface area (Å²) in [4.78, 5) is 33.7. The van der Waals surface area contributed by atoms with Gasteiger partial charge in [-0.2, -0.15) is 0 Å². The van der Waals surface area contributed by atoms with E-state index in [1.165, 1.54) is 0 Å². The minimum Gasteiger partial charge on any atom is -0.382 e. The van der Waals surface area contributed by atoms with Crippen molar-refractivity contribution in [2.75, 3.05) is 63.2 Å². The van der Waals surface area contributed by atoms with E-state index in [2.05, 4.69) is 40.5 Å². The zero-order valence-electron chi connectivity index (χ0n) is 19.4. The maximum Gasteiger partial charge on any atom is 0.224 e. The Hall–Kier alpha value is -2.71. The number of hydrogen-bond donors (Lipinski definition) is 2. The molecule has 2 heterocycles. The number of rotatable bonds is 10. The van der Waals surface area contributed by atoms with Gasteiger partial charge in [0.25, 0.3) is 0 Å².